The van der Waals surface area contributed by atoms with Crippen molar-refractivity contribution in [2.75, 3.05) is 28.4 Å². The van der Waals surface area contributed by atoms with Crippen molar-refractivity contribution in [1.29, 1.82) is 0 Å². The minimum Gasteiger partial charge on any atom is -0.469 e. The molecular weight excluding hydrogens is 378 g/mol. The van der Waals surface area contributed by atoms with Crippen LogP contribution in [0, 0.1) is 21.4 Å². The number of non-ortho nitro benzene ring substituents is 1. The summed E-state index contributed by atoms with van der Waals surface area (Å²) in [6.45, 7) is 0. The fraction of sp³-hybridized carbons (Fsp3) is 0.412. The van der Waals surface area contributed by atoms with E-state index in [1.54, 1.807) is 0 Å². The summed E-state index contributed by atoms with van der Waals surface area (Å²) in [6.07, 6.45) is -0.371. The largest absolute Gasteiger partial charge is 0.469 e. The lowest BCUT2D eigenvalue weighted by atomic mass is 9.72. The van der Waals surface area contributed by atoms with Gasteiger partial charge >= 0.3 is 23.9 Å². The predicted octanol–water partition coefficient (Wildman–Crippen LogP) is 0.432. The maximum atomic E-state index is 12.5. The molecule has 0 saturated carbocycles. The van der Waals surface area contributed by atoms with Gasteiger partial charge in [0.1, 0.15) is 0 Å². The molecule has 1 aromatic carbocycles. The summed E-state index contributed by atoms with van der Waals surface area (Å²) in [5, 5.41) is 10.8. The number of ether oxygens (including phenoxy) is 4. The van der Waals surface area contributed by atoms with Crippen LogP contribution in [0.3, 0.4) is 0 Å². The Bertz CT molecular complexity index is 730. The molecule has 0 N–H and O–H groups in total. The van der Waals surface area contributed by atoms with E-state index in [1.807, 2.05) is 0 Å². The predicted molar refractivity (Wildman–Crippen MR) is 90.8 cm³/mol. The highest BCUT2D eigenvalue weighted by Gasteiger charge is 2.65. The number of nitro groups is 1. The second-order valence-electron chi connectivity index (χ2n) is 5.49. The van der Waals surface area contributed by atoms with Crippen molar-refractivity contribution in [1.82, 2.24) is 0 Å². The lowest BCUT2D eigenvalue weighted by Gasteiger charge is -2.31. The van der Waals surface area contributed by atoms with E-state index in [2.05, 4.69) is 18.9 Å². The Morgan fingerprint density at radius 3 is 1.64 bits per heavy atom. The maximum Gasteiger partial charge on any atom is 0.335 e. The van der Waals surface area contributed by atoms with Crippen LogP contribution in [0.1, 0.15) is 5.56 Å². The van der Waals surface area contributed by atoms with E-state index in [1.165, 1.54) is 24.3 Å². The zero-order chi connectivity index (χ0) is 21.5. The first-order valence-corrected chi connectivity index (χ1v) is 7.77. The highest BCUT2D eigenvalue weighted by Crippen LogP contribution is 2.36. The van der Waals surface area contributed by atoms with Crippen molar-refractivity contribution in [3.63, 3.8) is 0 Å². The van der Waals surface area contributed by atoms with Crippen LogP contribution in [0.4, 0.5) is 5.69 Å². The summed E-state index contributed by atoms with van der Waals surface area (Å²) < 4.78 is 18.4. The van der Waals surface area contributed by atoms with Crippen molar-refractivity contribution in [2.45, 2.75) is 6.42 Å². The molecule has 0 amide bonds. The summed E-state index contributed by atoms with van der Waals surface area (Å²) in [4.78, 5) is 60.1. The lowest BCUT2D eigenvalue weighted by Crippen LogP contribution is -2.56. The third kappa shape index (κ3) is 4.08. The van der Waals surface area contributed by atoms with Crippen molar-refractivity contribution < 1.29 is 43.0 Å². The molecule has 0 bridgehead atoms. The van der Waals surface area contributed by atoms with Crippen LogP contribution in [-0.2, 0) is 44.5 Å². The van der Waals surface area contributed by atoms with E-state index in [-0.39, 0.29) is 12.1 Å². The minimum atomic E-state index is -2.78. The topological polar surface area (TPSA) is 148 Å². The summed E-state index contributed by atoms with van der Waals surface area (Å²) in [6, 6.07) is 4.95. The van der Waals surface area contributed by atoms with Gasteiger partial charge in [-0.25, -0.2) is 0 Å². The van der Waals surface area contributed by atoms with E-state index in [0.717, 1.165) is 28.4 Å². The number of nitrogens with zero attached hydrogens (tertiary/aromatic N) is 1. The van der Waals surface area contributed by atoms with E-state index in [9.17, 15) is 29.3 Å². The molecule has 0 spiro atoms. The summed E-state index contributed by atoms with van der Waals surface area (Å²) >= 11 is 0. The number of benzene rings is 1. The lowest BCUT2D eigenvalue weighted by molar-refractivity contribution is -0.384. The van der Waals surface area contributed by atoms with Crippen molar-refractivity contribution in [3.05, 3.63) is 39.9 Å². The zero-order valence-corrected chi connectivity index (χ0v) is 15.6. The van der Waals surface area contributed by atoms with E-state index >= 15 is 0 Å². The first-order valence-electron chi connectivity index (χ1n) is 7.77. The monoisotopic (exact) mass is 397 g/mol. The first-order chi connectivity index (χ1) is 13.2. The number of esters is 4. The normalized spacial score (nSPS) is 11.7. The summed E-state index contributed by atoms with van der Waals surface area (Å²) in [7, 11) is 3.76. The number of methoxy groups -OCH3 is 4. The molecule has 152 valence electrons. The molecule has 0 radical (unpaired) electrons. The van der Waals surface area contributed by atoms with Crippen LogP contribution < -0.4 is 0 Å². The minimum absolute atomic E-state index is 0.210. The highest BCUT2D eigenvalue weighted by atomic mass is 16.6. The second kappa shape index (κ2) is 9.44. The van der Waals surface area contributed by atoms with E-state index in [0.29, 0.717) is 5.56 Å². The molecule has 0 aliphatic rings. The van der Waals surface area contributed by atoms with Gasteiger partial charge in [-0.3, -0.25) is 29.3 Å². The number of hydrogen-bond acceptors (Lipinski definition) is 10. The molecule has 11 nitrogen and oxygen atoms in total. The fourth-order valence-electron chi connectivity index (χ4n) is 2.70. The molecule has 1 atom stereocenters. The Morgan fingerprint density at radius 1 is 0.893 bits per heavy atom. The van der Waals surface area contributed by atoms with Crippen LogP contribution in [-0.4, -0.2) is 57.2 Å². The molecule has 1 aromatic rings. The Balaban J connectivity index is 3.59. The molecule has 0 aromatic heterocycles. The average Bonchev–Trinajstić information content (AvgIpc) is 2.72. The molecule has 1 unspecified atom stereocenters. The van der Waals surface area contributed by atoms with Crippen LogP contribution in [0.5, 0.6) is 0 Å². The maximum absolute atomic E-state index is 12.5. The standard InChI is InChI=1S/C17H19NO10/c1-25-13(19)12(9-10-5-7-11(8-6-10)18(23)24)17(14(20)26-2,15(21)27-3)16(22)28-4/h5-8,12H,9H2,1-4H3. The third-order valence-corrected chi connectivity index (χ3v) is 4.12. The van der Waals surface area contributed by atoms with Crippen molar-refractivity contribution >= 4 is 29.6 Å². The van der Waals surface area contributed by atoms with Gasteiger partial charge in [0, 0.05) is 12.1 Å². The number of nitro benzene ring substituents is 1. The fourth-order valence-corrected chi connectivity index (χ4v) is 2.70. The Morgan fingerprint density at radius 2 is 1.32 bits per heavy atom. The molecule has 0 fully saturated rings. The van der Waals surface area contributed by atoms with Crippen molar-refractivity contribution in [3.8, 4) is 0 Å². The zero-order valence-electron chi connectivity index (χ0n) is 15.6. The molecule has 11 heteroatoms. The Hall–Kier alpha value is -3.50. The van der Waals surface area contributed by atoms with Gasteiger partial charge in [-0.1, -0.05) is 12.1 Å². The van der Waals surface area contributed by atoms with Gasteiger partial charge in [0.25, 0.3) is 11.1 Å². The van der Waals surface area contributed by atoms with Gasteiger partial charge < -0.3 is 18.9 Å². The van der Waals surface area contributed by atoms with Gasteiger partial charge in [0.2, 0.25) is 0 Å². The van der Waals surface area contributed by atoms with Crippen LogP contribution in [0.15, 0.2) is 24.3 Å². The van der Waals surface area contributed by atoms with Gasteiger partial charge in [-0.05, 0) is 12.0 Å². The molecule has 0 aliphatic carbocycles. The molecule has 1 rings (SSSR count). The first kappa shape index (κ1) is 22.5. The van der Waals surface area contributed by atoms with Crippen LogP contribution in [0.25, 0.3) is 0 Å². The Labute approximate surface area is 159 Å². The van der Waals surface area contributed by atoms with E-state index < -0.39 is 40.1 Å². The Kier molecular flexibility index (Phi) is 7.60. The number of hydrogen-bond donors (Lipinski definition) is 0. The smallest absolute Gasteiger partial charge is 0.335 e. The number of rotatable bonds is 8. The van der Waals surface area contributed by atoms with Crippen LogP contribution in [0.2, 0.25) is 0 Å². The quantitative estimate of drug-likeness (QED) is 0.199. The third-order valence-electron chi connectivity index (χ3n) is 4.12. The number of carbonyl (C=O) groups excluding carboxylic acids is 4. The molecule has 0 saturated heterocycles. The van der Waals surface area contributed by atoms with Gasteiger partial charge in [0.15, 0.2) is 0 Å². The van der Waals surface area contributed by atoms with Gasteiger partial charge in [-0.15, -0.1) is 0 Å². The summed E-state index contributed by atoms with van der Waals surface area (Å²) in [5.41, 5.74) is -2.69. The molecular formula is C17H19NO10. The van der Waals surface area contributed by atoms with Gasteiger partial charge in [-0.2, -0.15) is 0 Å². The summed E-state index contributed by atoms with van der Waals surface area (Å²) in [5.74, 6) is -6.92. The molecule has 0 aliphatic heterocycles. The van der Waals surface area contributed by atoms with E-state index in [4.69, 9.17) is 0 Å². The molecule has 0 heterocycles. The SMILES string of the molecule is COC(=O)C(Cc1ccc([N+](=O)[O-])cc1)C(C(=O)OC)(C(=O)OC)C(=O)OC. The molecule has 28 heavy (non-hydrogen) atoms. The highest BCUT2D eigenvalue weighted by molar-refractivity contribution is 6.20. The average molecular weight is 397 g/mol. The number of carbonyl (C=O) groups is 4. The van der Waals surface area contributed by atoms with Gasteiger partial charge in [0.05, 0.1) is 39.3 Å². The second-order valence-corrected chi connectivity index (χ2v) is 5.49. The van der Waals surface area contributed by atoms with Crippen molar-refractivity contribution in [2.24, 2.45) is 11.3 Å². The van der Waals surface area contributed by atoms with Crippen LogP contribution >= 0.6 is 0 Å².